The van der Waals surface area contributed by atoms with Crippen molar-refractivity contribution in [1.29, 1.82) is 0 Å². The first-order valence-corrected chi connectivity index (χ1v) is 5.59. The highest BCUT2D eigenvalue weighted by molar-refractivity contribution is 7.98. The van der Waals surface area contributed by atoms with Gasteiger partial charge in [0.15, 0.2) is 0 Å². The maximum absolute atomic E-state index is 6.17. The van der Waals surface area contributed by atoms with Gasteiger partial charge in [0.2, 0.25) is 0 Å². The molecular weight excluding hydrogens is 200 g/mol. The second-order valence-electron chi connectivity index (χ2n) is 2.71. The standard InChI is InChI=1S/C11H12ClS/c1-4-8(2)9-6-5-7-10(13-3)11(9)12/h4-8H,1-2H2,3H3. The molecule has 13 heavy (non-hydrogen) atoms. The van der Waals surface area contributed by atoms with Crippen molar-refractivity contribution >= 4 is 23.4 Å². The van der Waals surface area contributed by atoms with Crippen molar-refractivity contribution in [2.45, 2.75) is 10.8 Å². The molecule has 1 aromatic carbocycles. The predicted molar refractivity (Wildman–Crippen MR) is 61.5 cm³/mol. The van der Waals surface area contributed by atoms with Gasteiger partial charge in [-0.05, 0) is 24.8 Å². The number of allylic oxidation sites excluding steroid dienone is 1. The van der Waals surface area contributed by atoms with Gasteiger partial charge in [-0.15, -0.1) is 18.3 Å². The Morgan fingerprint density at radius 3 is 2.77 bits per heavy atom. The van der Waals surface area contributed by atoms with Crippen molar-refractivity contribution in [2.75, 3.05) is 6.26 Å². The Balaban J connectivity index is 3.14. The third-order valence-corrected chi connectivity index (χ3v) is 3.21. The minimum Gasteiger partial charge on any atom is -0.128 e. The van der Waals surface area contributed by atoms with Crippen molar-refractivity contribution in [3.63, 3.8) is 0 Å². The van der Waals surface area contributed by atoms with E-state index in [9.17, 15) is 0 Å². The maximum Gasteiger partial charge on any atom is 0.0579 e. The lowest BCUT2D eigenvalue weighted by Gasteiger charge is -2.10. The second-order valence-corrected chi connectivity index (χ2v) is 3.93. The molecule has 1 rings (SSSR count). The van der Waals surface area contributed by atoms with Crippen LogP contribution in [0.5, 0.6) is 0 Å². The highest BCUT2D eigenvalue weighted by Gasteiger charge is 2.08. The molecule has 0 saturated heterocycles. The Bertz CT molecular complexity index is 307. The highest BCUT2D eigenvalue weighted by Crippen LogP contribution is 2.32. The van der Waals surface area contributed by atoms with Crippen molar-refractivity contribution in [3.8, 4) is 0 Å². The Hall–Kier alpha value is -0.400. The van der Waals surface area contributed by atoms with E-state index in [4.69, 9.17) is 11.6 Å². The number of benzene rings is 1. The molecule has 0 fully saturated rings. The number of hydrogen-bond acceptors (Lipinski definition) is 1. The van der Waals surface area contributed by atoms with Gasteiger partial charge < -0.3 is 0 Å². The molecule has 0 spiro atoms. The van der Waals surface area contributed by atoms with E-state index in [1.807, 2.05) is 24.5 Å². The van der Waals surface area contributed by atoms with Crippen molar-refractivity contribution < 1.29 is 0 Å². The second kappa shape index (κ2) is 4.73. The Kier molecular flexibility index (Phi) is 3.89. The molecule has 1 unspecified atom stereocenters. The fraction of sp³-hybridized carbons (Fsp3) is 0.182. The van der Waals surface area contributed by atoms with E-state index in [0.717, 1.165) is 15.5 Å². The van der Waals surface area contributed by atoms with E-state index in [2.05, 4.69) is 13.5 Å². The van der Waals surface area contributed by atoms with Crippen LogP contribution >= 0.6 is 23.4 Å². The predicted octanol–water partition coefficient (Wildman–Crippen LogP) is 4.17. The Labute approximate surface area is 89.0 Å². The zero-order valence-electron chi connectivity index (χ0n) is 7.59. The first-order chi connectivity index (χ1) is 6.20. The van der Waals surface area contributed by atoms with Gasteiger partial charge >= 0.3 is 0 Å². The third-order valence-electron chi connectivity index (χ3n) is 1.90. The molecule has 0 amide bonds. The summed E-state index contributed by atoms with van der Waals surface area (Å²) < 4.78 is 0. The number of rotatable bonds is 3. The van der Waals surface area contributed by atoms with E-state index in [0.29, 0.717) is 0 Å². The van der Waals surface area contributed by atoms with Crippen LogP contribution in [0.25, 0.3) is 0 Å². The largest absolute Gasteiger partial charge is 0.128 e. The van der Waals surface area contributed by atoms with Crippen LogP contribution in [0.3, 0.4) is 0 Å². The van der Waals surface area contributed by atoms with Gasteiger partial charge in [0, 0.05) is 10.8 Å². The molecule has 0 aliphatic carbocycles. The topological polar surface area (TPSA) is 0 Å². The molecule has 0 N–H and O–H groups in total. The van der Waals surface area contributed by atoms with Crippen LogP contribution in [-0.2, 0) is 0 Å². The molecule has 0 heterocycles. The molecule has 0 saturated carbocycles. The molecule has 0 aliphatic rings. The van der Waals surface area contributed by atoms with E-state index in [1.165, 1.54) is 0 Å². The SMILES string of the molecule is [CH2]C(C=C)c1cccc(SC)c1Cl. The summed E-state index contributed by atoms with van der Waals surface area (Å²) in [7, 11) is 0. The van der Waals surface area contributed by atoms with Gasteiger partial charge in [-0.25, -0.2) is 0 Å². The highest BCUT2D eigenvalue weighted by atomic mass is 35.5. The summed E-state index contributed by atoms with van der Waals surface area (Å²) in [5, 5.41) is 0.801. The molecule has 2 heteroatoms. The van der Waals surface area contributed by atoms with Crippen molar-refractivity contribution in [1.82, 2.24) is 0 Å². The molecule has 0 aromatic heterocycles. The lowest BCUT2D eigenvalue weighted by Crippen LogP contribution is -1.91. The van der Waals surface area contributed by atoms with Gasteiger partial charge in [-0.1, -0.05) is 29.8 Å². The fourth-order valence-electron chi connectivity index (χ4n) is 1.10. The zero-order chi connectivity index (χ0) is 9.84. The molecule has 0 aliphatic heterocycles. The van der Waals surface area contributed by atoms with Crippen molar-refractivity contribution in [3.05, 3.63) is 48.4 Å². The number of thioether (sulfide) groups is 1. The maximum atomic E-state index is 6.17. The molecule has 1 aromatic rings. The van der Waals surface area contributed by atoms with Crippen LogP contribution in [0.2, 0.25) is 5.02 Å². The quantitative estimate of drug-likeness (QED) is 0.534. The van der Waals surface area contributed by atoms with Gasteiger partial charge in [0.25, 0.3) is 0 Å². The molecular formula is C11H12ClS. The summed E-state index contributed by atoms with van der Waals surface area (Å²) in [6, 6.07) is 5.99. The summed E-state index contributed by atoms with van der Waals surface area (Å²) in [5.41, 5.74) is 1.04. The smallest absolute Gasteiger partial charge is 0.0579 e. The lowest BCUT2D eigenvalue weighted by atomic mass is 10.0. The van der Waals surface area contributed by atoms with Crippen LogP contribution in [0, 0.1) is 6.92 Å². The lowest BCUT2D eigenvalue weighted by molar-refractivity contribution is 1.07. The van der Waals surface area contributed by atoms with Gasteiger partial charge in [0.05, 0.1) is 5.02 Å². The molecule has 69 valence electrons. The van der Waals surface area contributed by atoms with Gasteiger partial charge in [-0.2, -0.15) is 0 Å². The minimum absolute atomic E-state index is 0.0691. The first-order valence-electron chi connectivity index (χ1n) is 3.98. The van der Waals surface area contributed by atoms with Gasteiger partial charge in [0.1, 0.15) is 0 Å². The molecule has 1 radical (unpaired) electrons. The Morgan fingerprint density at radius 2 is 2.23 bits per heavy atom. The summed E-state index contributed by atoms with van der Waals surface area (Å²) >= 11 is 7.82. The zero-order valence-corrected chi connectivity index (χ0v) is 9.16. The first kappa shape index (κ1) is 10.7. The summed E-state index contributed by atoms with van der Waals surface area (Å²) in [6.45, 7) is 7.66. The average molecular weight is 212 g/mol. The summed E-state index contributed by atoms with van der Waals surface area (Å²) in [5.74, 6) is 0.0691. The normalized spacial score (nSPS) is 12.5. The average Bonchev–Trinajstić information content (AvgIpc) is 2.17. The Morgan fingerprint density at radius 1 is 1.54 bits per heavy atom. The fourth-order valence-corrected chi connectivity index (χ4v) is 2.11. The molecule has 0 nitrogen and oxygen atoms in total. The van der Waals surface area contributed by atoms with Crippen LogP contribution in [0.1, 0.15) is 11.5 Å². The van der Waals surface area contributed by atoms with Gasteiger partial charge in [-0.3, -0.25) is 0 Å². The van der Waals surface area contributed by atoms with Crippen LogP contribution in [-0.4, -0.2) is 6.26 Å². The number of hydrogen-bond donors (Lipinski definition) is 0. The monoisotopic (exact) mass is 211 g/mol. The number of halogens is 1. The molecule has 0 bridgehead atoms. The van der Waals surface area contributed by atoms with E-state index in [-0.39, 0.29) is 5.92 Å². The van der Waals surface area contributed by atoms with Crippen LogP contribution < -0.4 is 0 Å². The van der Waals surface area contributed by atoms with Crippen molar-refractivity contribution in [2.24, 2.45) is 0 Å². The van der Waals surface area contributed by atoms with Crippen LogP contribution in [0.15, 0.2) is 35.7 Å². The minimum atomic E-state index is 0.0691. The third kappa shape index (κ3) is 2.29. The van der Waals surface area contributed by atoms with E-state index >= 15 is 0 Å². The summed E-state index contributed by atoms with van der Waals surface area (Å²) in [4.78, 5) is 1.09. The van der Waals surface area contributed by atoms with E-state index in [1.54, 1.807) is 17.8 Å². The van der Waals surface area contributed by atoms with Crippen LogP contribution in [0.4, 0.5) is 0 Å². The summed E-state index contributed by atoms with van der Waals surface area (Å²) in [6.07, 6.45) is 3.81. The molecule has 1 atom stereocenters. The van der Waals surface area contributed by atoms with E-state index < -0.39 is 0 Å².